The monoisotopic (exact) mass is 526 g/mol. The van der Waals surface area contributed by atoms with Crippen molar-refractivity contribution in [1.29, 1.82) is 0 Å². The van der Waals surface area contributed by atoms with Gasteiger partial charge in [0.1, 0.15) is 5.75 Å². The predicted molar refractivity (Wildman–Crippen MR) is 127 cm³/mol. The van der Waals surface area contributed by atoms with Gasteiger partial charge in [-0.3, -0.25) is 28.9 Å². The van der Waals surface area contributed by atoms with Crippen molar-refractivity contribution in [3.05, 3.63) is 53.1 Å². The van der Waals surface area contributed by atoms with E-state index in [0.717, 1.165) is 12.1 Å². The van der Waals surface area contributed by atoms with Crippen molar-refractivity contribution in [2.24, 2.45) is 29.4 Å². The van der Waals surface area contributed by atoms with E-state index in [2.05, 4.69) is 0 Å². The molecule has 9 nitrogen and oxygen atoms in total. The lowest BCUT2D eigenvalue weighted by Gasteiger charge is -2.52. The molecule has 0 spiro atoms. The van der Waals surface area contributed by atoms with Crippen molar-refractivity contribution >= 4 is 29.0 Å². The van der Waals surface area contributed by atoms with Crippen LogP contribution in [0.2, 0.25) is 0 Å². The maximum atomic E-state index is 14.0. The maximum Gasteiger partial charge on any atom is 0.235 e. The highest BCUT2D eigenvalue weighted by Crippen LogP contribution is 2.51. The topological polar surface area (TPSA) is 155 Å². The zero-order valence-corrected chi connectivity index (χ0v) is 20.4. The molecule has 0 aliphatic heterocycles. The van der Waals surface area contributed by atoms with Crippen LogP contribution < -0.4 is 5.73 Å². The van der Waals surface area contributed by atoms with Gasteiger partial charge in [0, 0.05) is 5.92 Å². The van der Waals surface area contributed by atoms with Gasteiger partial charge in [0.15, 0.2) is 46.3 Å². The Labute approximate surface area is 215 Å². The largest absolute Gasteiger partial charge is 0.507 e. The van der Waals surface area contributed by atoms with E-state index in [1.54, 1.807) is 0 Å². The molecule has 2 aromatic rings. The first-order valence-corrected chi connectivity index (χ1v) is 12.0. The molecule has 5 rings (SSSR count). The van der Waals surface area contributed by atoms with E-state index in [1.807, 2.05) is 0 Å². The minimum Gasteiger partial charge on any atom is -0.507 e. The number of nitrogens with zero attached hydrogens (tertiary/aromatic N) is 1. The number of hydrogen-bond donors (Lipinski definition) is 3. The van der Waals surface area contributed by atoms with E-state index in [9.17, 15) is 43.0 Å². The minimum absolute atomic E-state index is 0.00850. The number of nitrogens with two attached hydrogens (primary N) is 1. The highest BCUT2D eigenvalue weighted by Gasteiger charge is 2.69. The molecule has 3 aliphatic rings. The Balaban J connectivity index is 1.66. The molecule has 0 radical (unpaired) electrons. The molecule has 198 valence electrons. The van der Waals surface area contributed by atoms with Gasteiger partial charge >= 0.3 is 0 Å². The van der Waals surface area contributed by atoms with Gasteiger partial charge < -0.3 is 15.9 Å². The Hall–Kier alpha value is -3.83. The molecular formula is C27H24F2N2O7. The fourth-order valence-electron chi connectivity index (χ4n) is 6.54. The van der Waals surface area contributed by atoms with Crippen LogP contribution in [-0.2, 0) is 25.6 Å². The number of amides is 1. The number of hydrogen-bond acceptors (Lipinski definition) is 8. The molecule has 2 saturated carbocycles. The second-order valence-corrected chi connectivity index (χ2v) is 10.4. The van der Waals surface area contributed by atoms with Gasteiger partial charge in [0.05, 0.1) is 17.5 Å². The van der Waals surface area contributed by atoms with E-state index in [0.29, 0.717) is 11.1 Å². The van der Waals surface area contributed by atoms with Gasteiger partial charge in [-0.1, -0.05) is 12.1 Å². The summed E-state index contributed by atoms with van der Waals surface area (Å²) >= 11 is 0. The van der Waals surface area contributed by atoms with Crippen molar-refractivity contribution in [2.45, 2.75) is 24.5 Å². The summed E-state index contributed by atoms with van der Waals surface area (Å²) in [7, 11) is 2.99. The van der Waals surface area contributed by atoms with Gasteiger partial charge in [-0.15, -0.1) is 0 Å². The lowest BCUT2D eigenvalue weighted by molar-refractivity contribution is -0.181. The Morgan fingerprint density at radius 2 is 1.74 bits per heavy atom. The van der Waals surface area contributed by atoms with Crippen LogP contribution in [0, 0.1) is 35.3 Å². The molecule has 4 N–H and O–H groups in total. The number of likely N-dealkylation sites (N-methyl/N-ethyl adjacent to an activating group) is 1. The predicted octanol–water partition coefficient (Wildman–Crippen LogP) is 0.812. The highest BCUT2D eigenvalue weighted by atomic mass is 19.2. The van der Waals surface area contributed by atoms with E-state index < -0.39 is 81.7 Å². The average molecular weight is 526 g/mol. The fourth-order valence-corrected chi connectivity index (χ4v) is 6.54. The van der Waals surface area contributed by atoms with Gasteiger partial charge in [0.25, 0.3) is 0 Å². The molecule has 2 unspecified atom stereocenters. The average Bonchev–Trinajstić information content (AvgIpc) is 2.83. The number of Topliss-reactive ketones (excluding diaryl/α,β-unsaturated/α-hetero) is 4. The molecule has 0 saturated heterocycles. The van der Waals surface area contributed by atoms with Crippen molar-refractivity contribution in [3.8, 4) is 16.9 Å². The number of rotatable bonds is 3. The first-order valence-electron chi connectivity index (χ1n) is 12.0. The lowest BCUT2D eigenvalue weighted by Crippen LogP contribution is -2.74. The molecule has 38 heavy (non-hydrogen) atoms. The van der Waals surface area contributed by atoms with Crippen molar-refractivity contribution < 1.29 is 43.0 Å². The smallest absolute Gasteiger partial charge is 0.235 e. The molecule has 0 heterocycles. The van der Waals surface area contributed by atoms with Gasteiger partial charge in [-0.2, -0.15) is 0 Å². The molecule has 0 aromatic heterocycles. The summed E-state index contributed by atoms with van der Waals surface area (Å²) < 4.78 is 27.6. The van der Waals surface area contributed by atoms with Crippen LogP contribution in [0.1, 0.15) is 22.3 Å². The Kier molecular flexibility index (Phi) is 5.84. The third kappa shape index (κ3) is 3.38. The van der Waals surface area contributed by atoms with Crippen molar-refractivity contribution in [2.75, 3.05) is 14.1 Å². The molecule has 11 heteroatoms. The van der Waals surface area contributed by atoms with Crippen LogP contribution in [-0.4, -0.2) is 69.9 Å². The lowest BCUT2D eigenvalue weighted by atomic mass is 9.52. The number of carbonyl (C=O) groups is 5. The van der Waals surface area contributed by atoms with Crippen LogP contribution in [0.25, 0.3) is 11.1 Å². The summed E-state index contributed by atoms with van der Waals surface area (Å²) in [5.74, 6) is -13.8. The third-order valence-corrected chi connectivity index (χ3v) is 8.18. The molecule has 2 fully saturated rings. The van der Waals surface area contributed by atoms with Crippen LogP contribution >= 0.6 is 0 Å². The second kappa shape index (κ2) is 8.60. The first kappa shape index (κ1) is 25.8. The van der Waals surface area contributed by atoms with Crippen LogP contribution in [0.15, 0.2) is 30.3 Å². The Morgan fingerprint density at radius 3 is 2.34 bits per heavy atom. The number of aromatic hydroxyl groups is 1. The molecule has 3 aliphatic carbocycles. The number of ketones is 4. The van der Waals surface area contributed by atoms with E-state index in [4.69, 9.17) is 5.73 Å². The number of aliphatic hydroxyl groups is 1. The molecule has 6 atom stereocenters. The summed E-state index contributed by atoms with van der Waals surface area (Å²) in [4.78, 5) is 67.3. The zero-order chi connectivity index (χ0) is 27.8. The minimum atomic E-state index is -2.82. The van der Waals surface area contributed by atoms with Crippen molar-refractivity contribution in [3.63, 3.8) is 0 Å². The van der Waals surface area contributed by atoms with Crippen LogP contribution in [0.4, 0.5) is 8.78 Å². The quantitative estimate of drug-likeness (QED) is 0.497. The van der Waals surface area contributed by atoms with E-state index in [-0.39, 0.29) is 24.0 Å². The van der Waals surface area contributed by atoms with Crippen LogP contribution in [0.5, 0.6) is 5.75 Å². The van der Waals surface area contributed by atoms with Gasteiger partial charge in [-0.05, 0) is 67.7 Å². The highest BCUT2D eigenvalue weighted by molar-refractivity contribution is 6.32. The molecular weight excluding hydrogens is 502 g/mol. The van der Waals surface area contributed by atoms with Gasteiger partial charge in [-0.25, -0.2) is 8.78 Å². The van der Waals surface area contributed by atoms with E-state index >= 15 is 0 Å². The summed E-state index contributed by atoms with van der Waals surface area (Å²) in [5.41, 5.74) is 3.13. The normalized spacial score (nSPS) is 30.6. The summed E-state index contributed by atoms with van der Waals surface area (Å²) in [6.07, 6.45) is -0.106. The Morgan fingerprint density at radius 1 is 1.05 bits per heavy atom. The molecule has 1 amide bonds. The number of primary amides is 1. The summed E-state index contributed by atoms with van der Waals surface area (Å²) in [6.45, 7) is 0. The molecule has 0 bridgehead atoms. The second-order valence-electron chi connectivity index (χ2n) is 10.4. The van der Waals surface area contributed by atoms with Crippen LogP contribution in [0.3, 0.4) is 0 Å². The number of phenols is 1. The first-order chi connectivity index (χ1) is 17.8. The van der Waals surface area contributed by atoms with Crippen molar-refractivity contribution in [1.82, 2.24) is 4.90 Å². The number of fused-ring (bicyclic) bond motifs is 3. The summed E-state index contributed by atoms with van der Waals surface area (Å²) in [6, 6.07) is 4.62. The SMILES string of the molecule is CN(C)[C@H]1C(=O)C(C(N)=O)C(=O)[C@]2(O)C(=O)C3C(=O)c4c(O)ccc(-c5ccc(F)c(F)c5)c4C[C@@H]3C[C@H]12. The fraction of sp³-hybridized carbons (Fsp3) is 0.370. The number of phenolic OH excluding ortho intramolecular Hbond substituents is 1. The number of carbonyl (C=O) groups excluding carboxylic acids is 5. The maximum absolute atomic E-state index is 14.0. The standard InChI is InChI=1S/C27H24F2N2O7/c1-31(2)21-14-8-11-7-13-12(10-3-5-15(28)16(29)9-10)4-6-17(32)19(13)22(33)18(11)24(35)27(14,38)25(36)20(23(21)34)26(30)37/h3-6,9,11,14,18,20-21,32,38H,7-8H2,1-2H3,(H2,30,37)/t11-,14-,18?,20?,21-,27-/m1/s1. The Bertz CT molecular complexity index is 1460. The van der Waals surface area contributed by atoms with E-state index in [1.165, 1.54) is 37.2 Å². The van der Waals surface area contributed by atoms with Gasteiger partial charge in [0.2, 0.25) is 5.91 Å². The number of halogens is 2. The zero-order valence-electron chi connectivity index (χ0n) is 20.4. The number of benzene rings is 2. The summed E-state index contributed by atoms with van der Waals surface area (Å²) in [5, 5.41) is 22.1. The molecule has 2 aromatic carbocycles. The third-order valence-electron chi connectivity index (χ3n) is 8.18.